The maximum absolute atomic E-state index is 5.50. The predicted octanol–water partition coefficient (Wildman–Crippen LogP) is 2.15. The Bertz CT molecular complexity index is 497. The molecular weight excluding hydrogens is 214 g/mol. The summed E-state index contributed by atoms with van der Waals surface area (Å²) in [7, 11) is 0. The number of benzene rings is 1. The summed E-state index contributed by atoms with van der Waals surface area (Å²) in [4.78, 5) is 7.72. The molecule has 0 radical (unpaired) electrons. The van der Waals surface area contributed by atoms with Crippen LogP contribution in [0.5, 0.6) is 5.88 Å². The molecule has 0 saturated carbocycles. The molecule has 0 saturated heterocycles. The molecule has 2 rings (SSSR count). The minimum atomic E-state index is 0.405. The molecule has 17 heavy (non-hydrogen) atoms. The van der Waals surface area contributed by atoms with Gasteiger partial charge in [0, 0.05) is 6.07 Å². The molecular formula is C13H13N3O. The second kappa shape index (κ2) is 5.65. The SMILES string of the molecule is Nc1cc(OC/C=C/c2ccccc2)ncn1. The third-order valence-corrected chi connectivity index (χ3v) is 2.10. The third kappa shape index (κ3) is 3.61. The number of nitrogens with zero attached hydrogens (tertiary/aromatic N) is 2. The van der Waals surface area contributed by atoms with Crippen molar-refractivity contribution in [3.8, 4) is 5.88 Å². The molecule has 2 aromatic rings. The molecule has 0 atom stereocenters. The van der Waals surface area contributed by atoms with Crippen LogP contribution < -0.4 is 10.5 Å². The fraction of sp³-hybridized carbons (Fsp3) is 0.0769. The average Bonchev–Trinajstić information content (AvgIpc) is 2.36. The van der Waals surface area contributed by atoms with E-state index in [2.05, 4.69) is 9.97 Å². The third-order valence-electron chi connectivity index (χ3n) is 2.10. The molecule has 1 aromatic heterocycles. The van der Waals surface area contributed by atoms with E-state index in [0.29, 0.717) is 18.3 Å². The van der Waals surface area contributed by atoms with Gasteiger partial charge >= 0.3 is 0 Å². The monoisotopic (exact) mass is 227 g/mol. The molecule has 0 unspecified atom stereocenters. The Hall–Kier alpha value is -2.36. The molecule has 0 amide bonds. The van der Waals surface area contributed by atoms with Gasteiger partial charge in [0.15, 0.2) is 0 Å². The lowest BCUT2D eigenvalue weighted by Gasteiger charge is -2.01. The van der Waals surface area contributed by atoms with Gasteiger partial charge in [-0.1, -0.05) is 36.4 Å². The van der Waals surface area contributed by atoms with E-state index in [1.807, 2.05) is 42.5 Å². The average molecular weight is 227 g/mol. The van der Waals surface area contributed by atoms with E-state index < -0.39 is 0 Å². The fourth-order valence-corrected chi connectivity index (χ4v) is 1.31. The van der Waals surface area contributed by atoms with E-state index >= 15 is 0 Å². The van der Waals surface area contributed by atoms with E-state index in [0.717, 1.165) is 5.56 Å². The van der Waals surface area contributed by atoms with Gasteiger partial charge in [0.2, 0.25) is 5.88 Å². The van der Waals surface area contributed by atoms with Gasteiger partial charge in [-0.2, -0.15) is 0 Å². The molecule has 0 spiro atoms. The van der Waals surface area contributed by atoms with Crippen LogP contribution in [0.15, 0.2) is 48.8 Å². The normalized spacial score (nSPS) is 10.6. The van der Waals surface area contributed by atoms with Crippen LogP contribution in [0.4, 0.5) is 5.82 Å². The maximum atomic E-state index is 5.50. The number of anilines is 1. The minimum Gasteiger partial charge on any atom is -0.473 e. The first-order valence-electron chi connectivity index (χ1n) is 5.26. The van der Waals surface area contributed by atoms with Crippen LogP contribution in [-0.4, -0.2) is 16.6 Å². The molecule has 0 fully saturated rings. The molecule has 86 valence electrons. The van der Waals surface area contributed by atoms with Crippen molar-refractivity contribution in [3.05, 3.63) is 54.4 Å². The molecule has 0 aliphatic rings. The number of rotatable bonds is 4. The number of hydrogen-bond donors (Lipinski definition) is 1. The second-order valence-electron chi connectivity index (χ2n) is 3.41. The molecule has 4 nitrogen and oxygen atoms in total. The van der Waals surface area contributed by atoms with Crippen LogP contribution in [0.2, 0.25) is 0 Å². The summed E-state index contributed by atoms with van der Waals surface area (Å²) in [6.45, 7) is 0.450. The molecule has 0 aliphatic carbocycles. The van der Waals surface area contributed by atoms with Crippen LogP contribution in [0.1, 0.15) is 5.56 Å². The molecule has 4 heteroatoms. The molecule has 1 aromatic carbocycles. The first kappa shape index (κ1) is 11.1. The highest BCUT2D eigenvalue weighted by Gasteiger charge is 1.94. The quantitative estimate of drug-likeness (QED) is 0.869. The van der Waals surface area contributed by atoms with Gasteiger partial charge in [-0.3, -0.25) is 0 Å². The van der Waals surface area contributed by atoms with E-state index in [9.17, 15) is 0 Å². The van der Waals surface area contributed by atoms with Crippen molar-refractivity contribution >= 4 is 11.9 Å². The van der Waals surface area contributed by atoms with Crippen molar-refractivity contribution < 1.29 is 4.74 Å². The van der Waals surface area contributed by atoms with Crippen LogP contribution in [0, 0.1) is 0 Å². The number of nitrogen functional groups attached to an aromatic ring is 1. The number of hydrogen-bond acceptors (Lipinski definition) is 4. The largest absolute Gasteiger partial charge is 0.473 e. The highest BCUT2D eigenvalue weighted by molar-refractivity contribution is 5.48. The van der Waals surface area contributed by atoms with Gasteiger partial charge in [-0.25, -0.2) is 9.97 Å². The lowest BCUT2D eigenvalue weighted by atomic mass is 10.2. The Morgan fingerprint density at radius 1 is 1.18 bits per heavy atom. The predicted molar refractivity (Wildman–Crippen MR) is 67.4 cm³/mol. The zero-order valence-electron chi connectivity index (χ0n) is 9.28. The first-order valence-corrected chi connectivity index (χ1v) is 5.26. The zero-order chi connectivity index (χ0) is 11.9. The number of nitrogens with two attached hydrogens (primary N) is 1. The molecule has 0 aliphatic heterocycles. The summed E-state index contributed by atoms with van der Waals surface area (Å²) in [6.07, 6.45) is 5.30. The van der Waals surface area contributed by atoms with E-state index in [1.54, 1.807) is 6.07 Å². The smallest absolute Gasteiger partial charge is 0.218 e. The topological polar surface area (TPSA) is 61.0 Å². The summed E-state index contributed by atoms with van der Waals surface area (Å²) in [5.41, 5.74) is 6.64. The Balaban J connectivity index is 1.86. The van der Waals surface area contributed by atoms with Gasteiger partial charge in [-0.05, 0) is 11.6 Å². The van der Waals surface area contributed by atoms with Crippen LogP contribution in [0.25, 0.3) is 6.08 Å². The summed E-state index contributed by atoms with van der Waals surface area (Å²) in [5.74, 6) is 0.886. The summed E-state index contributed by atoms with van der Waals surface area (Å²) < 4.78 is 5.39. The summed E-state index contributed by atoms with van der Waals surface area (Å²) in [5, 5.41) is 0. The van der Waals surface area contributed by atoms with E-state index in [1.165, 1.54) is 6.33 Å². The van der Waals surface area contributed by atoms with Crippen molar-refractivity contribution in [3.63, 3.8) is 0 Å². The summed E-state index contributed by atoms with van der Waals surface area (Å²) >= 11 is 0. The van der Waals surface area contributed by atoms with Gasteiger partial charge in [0.25, 0.3) is 0 Å². The Morgan fingerprint density at radius 2 is 2.00 bits per heavy atom. The number of ether oxygens (including phenoxy) is 1. The van der Waals surface area contributed by atoms with Crippen LogP contribution >= 0.6 is 0 Å². The van der Waals surface area contributed by atoms with Gasteiger partial charge in [0.1, 0.15) is 18.8 Å². The van der Waals surface area contributed by atoms with Crippen molar-refractivity contribution in [2.24, 2.45) is 0 Å². The van der Waals surface area contributed by atoms with Crippen molar-refractivity contribution in [1.82, 2.24) is 9.97 Å². The van der Waals surface area contributed by atoms with E-state index in [4.69, 9.17) is 10.5 Å². The Kier molecular flexibility index (Phi) is 3.70. The van der Waals surface area contributed by atoms with Crippen LogP contribution in [0.3, 0.4) is 0 Å². The van der Waals surface area contributed by atoms with Crippen LogP contribution in [-0.2, 0) is 0 Å². The number of aromatic nitrogens is 2. The first-order chi connectivity index (χ1) is 8.34. The summed E-state index contributed by atoms with van der Waals surface area (Å²) in [6, 6.07) is 11.6. The lowest BCUT2D eigenvalue weighted by Crippen LogP contribution is -1.98. The lowest BCUT2D eigenvalue weighted by molar-refractivity contribution is 0.348. The second-order valence-corrected chi connectivity index (χ2v) is 3.41. The zero-order valence-corrected chi connectivity index (χ0v) is 9.28. The highest BCUT2D eigenvalue weighted by Crippen LogP contribution is 2.07. The Labute approximate surface area is 99.8 Å². The van der Waals surface area contributed by atoms with E-state index in [-0.39, 0.29) is 0 Å². The minimum absolute atomic E-state index is 0.405. The van der Waals surface area contributed by atoms with Crippen molar-refractivity contribution in [2.75, 3.05) is 12.3 Å². The molecule has 1 heterocycles. The fourth-order valence-electron chi connectivity index (χ4n) is 1.31. The standard InChI is InChI=1S/C13H13N3O/c14-12-9-13(16-10-15-12)17-8-4-7-11-5-2-1-3-6-11/h1-7,9-10H,8H2,(H2,14,15,16)/b7-4+. The Morgan fingerprint density at radius 3 is 2.76 bits per heavy atom. The van der Waals surface area contributed by atoms with Crippen molar-refractivity contribution in [1.29, 1.82) is 0 Å². The molecule has 2 N–H and O–H groups in total. The van der Waals surface area contributed by atoms with Gasteiger partial charge < -0.3 is 10.5 Å². The van der Waals surface area contributed by atoms with Crippen molar-refractivity contribution in [2.45, 2.75) is 0 Å². The maximum Gasteiger partial charge on any atom is 0.218 e. The highest BCUT2D eigenvalue weighted by atomic mass is 16.5. The van der Waals surface area contributed by atoms with Gasteiger partial charge in [-0.15, -0.1) is 0 Å². The molecule has 0 bridgehead atoms. The van der Waals surface area contributed by atoms with Gasteiger partial charge in [0.05, 0.1) is 0 Å².